The Hall–Kier alpha value is -2.38. The first-order valence-corrected chi connectivity index (χ1v) is 11.0. The first kappa shape index (κ1) is 20.4. The number of alkyl carbamates (subject to hydrolysis) is 1. The third-order valence-electron chi connectivity index (χ3n) is 4.92. The van der Waals surface area contributed by atoms with Gasteiger partial charge in [0.15, 0.2) is 0 Å². The van der Waals surface area contributed by atoms with Crippen molar-refractivity contribution in [1.82, 2.24) is 10.0 Å². The lowest BCUT2D eigenvalue weighted by atomic mass is 9.91. The van der Waals surface area contributed by atoms with Crippen molar-refractivity contribution < 1.29 is 17.9 Å². The molecule has 6 nitrogen and oxygen atoms in total. The van der Waals surface area contributed by atoms with E-state index in [0.29, 0.717) is 12.8 Å². The number of ether oxygens (including phenoxy) is 1. The fourth-order valence-electron chi connectivity index (χ4n) is 3.35. The predicted octanol–water partition coefficient (Wildman–Crippen LogP) is 3.51. The lowest BCUT2D eigenvalue weighted by molar-refractivity contribution is 0.130. The van der Waals surface area contributed by atoms with Gasteiger partial charge in [0, 0.05) is 12.1 Å². The van der Waals surface area contributed by atoms with Crippen LogP contribution in [-0.4, -0.2) is 26.6 Å². The number of sulfonamides is 1. The van der Waals surface area contributed by atoms with Crippen LogP contribution >= 0.6 is 0 Å². The van der Waals surface area contributed by atoms with Crippen LogP contribution in [0.1, 0.15) is 36.8 Å². The van der Waals surface area contributed by atoms with Gasteiger partial charge in [-0.15, -0.1) is 0 Å². The molecule has 3 rings (SSSR count). The summed E-state index contributed by atoms with van der Waals surface area (Å²) in [6.07, 6.45) is 2.70. The summed E-state index contributed by atoms with van der Waals surface area (Å²) in [5, 5.41) is 2.83. The van der Waals surface area contributed by atoms with Gasteiger partial charge in [-0.2, -0.15) is 0 Å². The first-order valence-electron chi connectivity index (χ1n) is 9.50. The number of hydrogen-bond acceptors (Lipinski definition) is 4. The van der Waals surface area contributed by atoms with Gasteiger partial charge in [0.2, 0.25) is 10.0 Å². The maximum absolute atomic E-state index is 12.7. The average Bonchev–Trinajstić information content (AvgIpc) is 2.69. The fraction of sp³-hybridized carbons (Fsp3) is 0.381. The second-order valence-electron chi connectivity index (χ2n) is 7.14. The number of carbonyl (C=O) groups is 1. The molecule has 1 aliphatic rings. The molecule has 0 unspecified atom stereocenters. The van der Waals surface area contributed by atoms with Crippen LogP contribution in [0.3, 0.4) is 0 Å². The Morgan fingerprint density at radius 1 is 1.00 bits per heavy atom. The highest BCUT2D eigenvalue weighted by atomic mass is 32.2. The number of nitrogens with one attached hydrogen (secondary N) is 2. The third-order valence-corrected chi connectivity index (χ3v) is 6.43. The summed E-state index contributed by atoms with van der Waals surface area (Å²) in [5.74, 6) is 0. The lowest BCUT2D eigenvalue weighted by Crippen LogP contribution is -2.53. The van der Waals surface area contributed by atoms with Crippen LogP contribution in [-0.2, 0) is 21.4 Å². The zero-order valence-electron chi connectivity index (χ0n) is 15.9. The van der Waals surface area contributed by atoms with Crippen molar-refractivity contribution in [3.63, 3.8) is 0 Å². The largest absolute Gasteiger partial charge is 0.445 e. The molecule has 0 radical (unpaired) electrons. The van der Waals surface area contributed by atoms with Crippen LogP contribution in [0.2, 0.25) is 0 Å². The minimum atomic E-state index is -3.64. The molecular formula is C21H26N2O4S. The van der Waals surface area contributed by atoms with Gasteiger partial charge in [-0.25, -0.2) is 17.9 Å². The molecule has 28 heavy (non-hydrogen) atoms. The van der Waals surface area contributed by atoms with Gasteiger partial charge >= 0.3 is 6.09 Å². The number of rotatable bonds is 6. The van der Waals surface area contributed by atoms with Crippen molar-refractivity contribution in [2.75, 3.05) is 0 Å². The lowest BCUT2D eigenvalue weighted by Gasteiger charge is -2.32. The summed E-state index contributed by atoms with van der Waals surface area (Å²) in [6.45, 7) is 2.09. The Balaban J connectivity index is 1.60. The summed E-state index contributed by atoms with van der Waals surface area (Å²) in [6, 6.07) is 15.5. The molecule has 1 fully saturated rings. The van der Waals surface area contributed by atoms with Gasteiger partial charge < -0.3 is 10.1 Å². The summed E-state index contributed by atoms with van der Waals surface area (Å²) in [5.41, 5.74) is 1.90. The summed E-state index contributed by atoms with van der Waals surface area (Å²) in [4.78, 5) is 12.4. The zero-order chi connectivity index (χ0) is 20.0. The van der Waals surface area contributed by atoms with Crippen LogP contribution < -0.4 is 10.0 Å². The Labute approximate surface area is 166 Å². The van der Waals surface area contributed by atoms with E-state index in [9.17, 15) is 13.2 Å². The van der Waals surface area contributed by atoms with Crippen molar-refractivity contribution in [3.05, 3.63) is 65.7 Å². The molecule has 2 aromatic rings. The predicted molar refractivity (Wildman–Crippen MR) is 107 cm³/mol. The van der Waals surface area contributed by atoms with Crippen molar-refractivity contribution in [3.8, 4) is 0 Å². The molecule has 1 aliphatic carbocycles. The molecular weight excluding hydrogens is 376 g/mol. The second kappa shape index (κ2) is 9.21. The Morgan fingerprint density at radius 2 is 1.64 bits per heavy atom. The van der Waals surface area contributed by atoms with E-state index in [2.05, 4.69) is 10.0 Å². The van der Waals surface area contributed by atoms with Crippen molar-refractivity contribution in [2.45, 2.75) is 56.2 Å². The van der Waals surface area contributed by atoms with E-state index in [1.54, 1.807) is 24.3 Å². The second-order valence-corrected chi connectivity index (χ2v) is 8.85. The van der Waals surface area contributed by atoms with E-state index < -0.39 is 16.1 Å². The summed E-state index contributed by atoms with van der Waals surface area (Å²) < 4.78 is 33.4. The van der Waals surface area contributed by atoms with Crippen LogP contribution in [0, 0.1) is 6.92 Å². The Morgan fingerprint density at radius 3 is 2.32 bits per heavy atom. The Kier molecular flexibility index (Phi) is 6.70. The maximum atomic E-state index is 12.7. The number of aryl methyl sites for hydroxylation is 1. The average molecular weight is 403 g/mol. The molecule has 0 heterocycles. The molecule has 7 heteroatoms. The van der Waals surface area contributed by atoms with E-state index in [-0.39, 0.29) is 23.6 Å². The van der Waals surface area contributed by atoms with Gasteiger partial charge in [-0.3, -0.25) is 0 Å². The molecule has 0 aromatic heterocycles. The number of carbonyl (C=O) groups excluding carboxylic acids is 1. The third kappa shape index (κ3) is 5.56. The zero-order valence-corrected chi connectivity index (χ0v) is 16.7. The van der Waals surface area contributed by atoms with Crippen molar-refractivity contribution >= 4 is 16.1 Å². The monoisotopic (exact) mass is 402 g/mol. The van der Waals surface area contributed by atoms with Crippen molar-refractivity contribution in [2.24, 2.45) is 0 Å². The van der Waals surface area contributed by atoms with Gasteiger partial charge in [-0.1, -0.05) is 60.9 Å². The number of hydrogen-bond donors (Lipinski definition) is 2. The molecule has 1 saturated carbocycles. The molecule has 0 bridgehead atoms. The van der Waals surface area contributed by atoms with E-state index >= 15 is 0 Å². The van der Waals surface area contributed by atoms with Gasteiger partial charge in [0.1, 0.15) is 6.61 Å². The van der Waals surface area contributed by atoms with Crippen molar-refractivity contribution in [1.29, 1.82) is 0 Å². The quantitative estimate of drug-likeness (QED) is 0.774. The fourth-order valence-corrected chi connectivity index (χ4v) is 4.66. The SMILES string of the molecule is Cc1ccc(S(=O)(=O)N[C@@H]2CCCC[C@H]2NC(=O)OCc2ccccc2)cc1. The topological polar surface area (TPSA) is 84.5 Å². The summed E-state index contributed by atoms with van der Waals surface area (Å²) >= 11 is 0. The molecule has 0 aliphatic heterocycles. The highest BCUT2D eigenvalue weighted by Crippen LogP contribution is 2.21. The molecule has 2 N–H and O–H groups in total. The molecule has 0 spiro atoms. The van der Waals surface area contributed by atoms with E-state index in [1.165, 1.54) is 0 Å². The smallest absolute Gasteiger partial charge is 0.407 e. The highest BCUT2D eigenvalue weighted by Gasteiger charge is 2.31. The molecule has 2 atom stereocenters. The minimum Gasteiger partial charge on any atom is -0.445 e. The van der Waals surface area contributed by atoms with Crippen LogP contribution in [0.15, 0.2) is 59.5 Å². The first-order chi connectivity index (χ1) is 13.4. The van der Waals surface area contributed by atoms with Gasteiger partial charge in [0.05, 0.1) is 4.90 Å². The molecule has 0 saturated heterocycles. The number of amides is 1. The summed E-state index contributed by atoms with van der Waals surface area (Å²) in [7, 11) is -3.64. The van der Waals surface area contributed by atoms with Crippen LogP contribution in [0.25, 0.3) is 0 Å². The van der Waals surface area contributed by atoms with Crippen LogP contribution in [0.5, 0.6) is 0 Å². The molecule has 1 amide bonds. The van der Waals surface area contributed by atoms with Gasteiger partial charge in [0.25, 0.3) is 0 Å². The van der Waals surface area contributed by atoms with E-state index in [0.717, 1.165) is 24.0 Å². The van der Waals surface area contributed by atoms with Gasteiger partial charge in [-0.05, 0) is 37.5 Å². The number of benzene rings is 2. The highest BCUT2D eigenvalue weighted by molar-refractivity contribution is 7.89. The normalized spacial score (nSPS) is 19.8. The maximum Gasteiger partial charge on any atom is 0.407 e. The molecule has 150 valence electrons. The van der Waals surface area contributed by atoms with E-state index in [4.69, 9.17) is 4.74 Å². The minimum absolute atomic E-state index is 0.180. The molecule has 2 aromatic carbocycles. The standard InChI is InChI=1S/C21H26N2O4S/c1-16-11-13-18(14-12-16)28(25,26)23-20-10-6-5-9-19(20)22-21(24)27-15-17-7-3-2-4-8-17/h2-4,7-8,11-14,19-20,23H,5-6,9-10,15H2,1H3,(H,22,24)/t19-,20-/m1/s1. The van der Waals surface area contributed by atoms with Crippen LogP contribution in [0.4, 0.5) is 4.79 Å². The van der Waals surface area contributed by atoms with E-state index in [1.807, 2.05) is 37.3 Å². The Bertz CT molecular complexity index is 882.